The highest BCUT2D eigenvalue weighted by Gasteiger charge is 2.11. The fourth-order valence-corrected chi connectivity index (χ4v) is 2.48. The first-order valence-electron chi connectivity index (χ1n) is 5.56. The predicted octanol–water partition coefficient (Wildman–Crippen LogP) is 3.94. The molecule has 2 rings (SSSR count). The van der Waals surface area contributed by atoms with Gasteiger partial charge in [-0.05, 0) is 32.0 Å². The van der Waals surface area contributed by atoms with Crippen molar-refractivity contribution in [3.05, 3.63) is 46.1 Å². The maximum Gasteiger partial charge on any atom is 0.337 e. The molecule has 0 aliphatic carbocycles. The number of carbonyl (C=O) groups is 1. The first kappa shape index (κ1) is 14.0. The Morgan fingerprint density at radius 3 is 2.79 bits per heavy atom. The lowest BCUT2D eigenvalue weighted by atomic mass is 10.2. The number of aryl methyl sites for hydroxylation is 2. The quantitative estimate of drug-likeness (QED) is 0.866. The third-order valence-corrected chi connectivity index (χ3v) is 3.91. The van der Waals surface area contributed by atoms with Gasteiger partial charge in [-0.25, -0.2) is 9.78 Å². The summed E-state index contributed by atoms with van der Waals surface area (Å²) >= 11 is 7.27. The first-order valence-corrected chi connectivity index (χ1v) is 6.92. The molecule has 0 bridgehead atoms. The van der Waals surface area contributed by atoms with Crippen LogP contribution in [0.15, 0.2) is 27.5 Å². The average Bonchev–Trinajstić information content (AvgIpc) is 2.67. The van der Waals surface area contributed by atoms with Gasteiger partial charge in [-0.2, -0.15) is 0 Å². The zero-order valence-electron chi connectivity index (χ0n) is 10.4. The Bertz CT molecular complexity index is 605. The molecule has 1 heterocycles. The van der Waals surface area contributed by atoms with Crippen molar-refractivity contribution in [1.29, 1.82) is 0 Å². The van der Waals surface area contributed by atoms with Crippen molar-refractivity contribution in [3.8, 4) is 0 Å². The van der Waals surface area contributed by atoms with Crippen LogP contribution in [0, 0.1) is 13.8 Å². The van der Waals surface area contributed by atoms with Crippen molar-refractivity contribution >= 4 is 29.3 Å². The Labute approximate surface area is 119 Å². The molecule has 100 valence electrons. The van der Waals surface area contributed by atoms with Crippen molar-refractivity contribution in [2.24, 2.45) is 0 Å². The zero-order chi connectivity index (χ0) is 14.0. The smallest absolute Gasteiger partial charge is 0.337 e. The molecular formula is C13H12ClNO3S. The van der Waals surface area contributed by atoms with Crippen molar-refractivity contribution in [1.82, 2.24) is 4.98 Å². The molecule has 0 spiro atoms. The summed E-state index contributed by atoms with van der Waals surface area (Å²) in [6.45, 7) is 3.75. The number of nitrogens with zero attached hydrogens (tertiary/aromatic N) is 1. The van der Waals surface area contributed by atoms with E-state index in [1.54, 1.807) is 18.2 Å². The largest absolute Gasteiger partial charge is 0.478 e. The summed E-state index contributed by atoms with van der Waals surface area (Å²) in [7, 11) is 0. The highest BCUT2D eigenvalue weighted by molar-refractivity contribution is 7.98. The first-order chi connectivity index (χ1) is 8.97. The van der Waals surface area contributed by atoms with E-state index in [-0.39, 0.29) is 10.6 Å². The molecule has 1 aromatic heterocycles. The molecular weight excluding hydrogens is 286 g/mol. The number of hydrogen-bond acceptors (Lipinski definition) is 4. The van der Waals surface area contributed by atoms with E-state index in [0.29, 0.717) is 11.6 Å². The molecule has 1 aromatic carbocycles. The highest BCUT2D eigenvalue weighted by Crippen LogP contribution is 2.27. The van der Waals surface area contributed by atoms with Crippen LogP contribution in [-0.4, -0.2) is 16.1 Å². The van der Waals surface area contributed by atoms with Gasteiger partial charge < -0.3 is 9.52 Å². The van der Waals surface area contributed by atoms with E-state index >= 15 is 0 Å². The summed E-state index contributed by atoms with van der Waals surface area (Å²) in [5.74, 6) is 0.954. The Kier molecular flexibility index (Phi) is 4.17. The highest BCUT2D eigenvalue weighted by atomic mass is 35.5. The molecule has 4 nitrogen and oxygen atoms in total. The summed E-state index contributed by atoms with van der Waals surface area (Å²) in [5, 5.41) is 9.23. The molecule has 0 atom stereocenters. The Hall–Kier alpha value is -1.46. The maximum atomic E-state index is 11.0. The summed E-state index contributed by atoms with van der Waals surface area (Å²) in [6, 6.07) is 4.92. The van der Waals surface area contributed by atoms with Crippen LogP contribution in [0.1, 0.15) is 27.7 Å². The van der Waals surface area contributed by atoms with Gasteiger partial charge in [0.25, 0.3) is 0 Å². The van der Waals surface area contributed by atoms with Crippen LogP contribution in [0.3, 0.4) is 0 Å². The van der Waals surface area contributed by atoms with Gasteiger partial charge in [0, 0.05) is 4.90 Å². The predicted molar refractivity (Wildman–Crippen MR) is 73.9 cm³/mol. The number of carboxylic acids is 1. The van der Waals surface area contributed by atoms with Crippen LogP contribution in [-0.2, 0) is 5.75 Å². The second-order valence-corrected chi connectivity index (χ2v) is 5.44. The van der Waals surface area contributed by atoms with Crippen molar-refractivity contribution in [2.75, 3.05) is 0 Å². The minimum atomic E-state index is -1.03. The fourth-order valence-electron chi connectivity index (χ4n) is 1.50. The van der Waals surface area contributed by atoms with Crippen LogP contribution in [0.4, 0.5) is 0 Å². The van der Waals surface area contributed by atoms with Gasteiger partial charge >= 0.3 is 5.97 Å². The molecule has 0 saturated carbocycles. The number of carboxylic acid groups (broad SMARTS) is 1. The number of aromatic carboxylic acids is 1. The summed E-state index contributed by atoms with van der Waals surface area (Å²) in [6.07, 6.45) is 0. The number of aromatic nitrogens is 1. The number of hydrogen-bond donors (Lipinski definition) is 1. The Morgan fingerprint density at radius 1 is 1.47 bits per heavy atom. The topological polar surface area (TPSA) is 63.3 Å². The van der Waals surface area contributed by atoms with E-state index < -0.39 is 5.97 Å². The molecule has 1 N–H and O–H groups in total. The lowest BCUT2D eigenvalue weighted by molar-refractivity contribution is 0.0697. The normalized spacial score (nSPS) is 10.7. The molecule has 0 saturated heterocycles. The van der Waals surface area contributed by atoms with Gasteiger partial charge in [0.15, 0.2) is 0 Å². The van der Waals surface area contributed by atoms with Gasteiger partial charge in [0.1, 0.15) is 5.76 Å². The Balaban J connectivity index is 2.11. The van der Waals surface area contributed by atoms with Crippen molar-refractivity contribution in [2.45, 2.75) is 24.5 Å². The minimum absolute atomic E-state index is 0.103. The van der Waals surface area contributed by atoms with Gasteiger partial charge in [-0.1, -0.05) is 11.6 Å². The minimum Gasteiger partial charge on any atom is -0.478 e. The second kappa shape index (κ2) is 5.67. The summed E-state index contributed by atoms with van der Waals surface area (Å²) in [4.78, 5) is 16.1. The zero-order valence-corrected chi connectivity index (χ0v) is 12.0. The van der Waals surface area contributed by atoms with Crippen LogP contribution in [0.25, 0.3) is 0 Å². The molecule has 0 fully saturated rings. The van der Waals surface area contributed by atoms with E-state index in [4.69, 9.17) is 21.1 Å². The van der Waals surface area contributed by atoms with E-state index in [1.807, 2.05) is 13.8 Å². The van der Waals surface area contributed by atoms with Gasteiger partial charge in [0.2, 0.25) is 5.89 Å². The average molecular weight is 298 g/mol. The number of halogens is 1. The lowest BCUT2D eigenvalue weighted by Gasteiger charge is -2.03. The molecule has 0 unspecified atom stereocenters. The molecule has 6 heteroatoms. The number of thioether (sulfide) groups is 1. The van der Waals surface area contributed by atoms with Crippen molar-refractivity contribution in [3.63, 3.8) is 0 Å². The molecule has 19 heavy (non-hydrogen) atoms. The molecule has 2 aromatic rings. The van der Waals surface area contributed by atoms with Crippen LogP contribution in [0.2, 0.25) is 5.02 Å². The van der Waals surface area contributed by atoms with Crippen LogP contribution in [0.5, 0.6) is 0 Å². The molecule has 0 aliphatic heterocycles. The van der Waals surface area contributed by atoms with Gasteiger partial charge in [-0.3, -0.25) is 0 Å². The second-order valence-electron chi connectivity index (χ2n) is 3.98. The summed E-state index contributed by atoms with van der Waals surface area (Å²) < 4.78 is 5.46. The molecule has 0 aliphatic rings. The third-order valence-electron chi connectivity index (χ3n) is 2.60. The Morgan fingerprint density at radius 2 is 2.21 bits per heavy atom. The SMILES string of the molecule is Cc1nc(CSc2ccc(Cl)c(C(=O)O)c2)oc1C. The van der Waals surface area contributed by atoms with Crippen molar-refractivity contribution < 1.29 is 14.3 Å². The third kappa shape index (κ3) is 3.30. The molecule has 0 amide bonds. The van der Waals surface area contributed by atoms with E-state index in [2.05, 4.69) is 4.98 Å². The lowest BCUT2D eigenvalue weighted by Crippen LogP contribution is -1.97. The van der Waals surface area contributed by atoms with Gasteiger partial charge in [0.05, 0.1) is 22.0 Å². The number of rotatable bonds is 4. The molecule has 0 radical (unpaired) electrons. The number of benzene rings is 1. The maximum absolute atomic E-state index is 11.0. The van der Waals surface area contributed by atoms with E-state index in [9.17, 15) is 4.79 Å². The van der Waals surface area contributed by atoms with Crippen LogP contribution >= 0.6 is 23.4 Å². The standard InChI is InChI=1S/C13H12ClNO3S/c1-7-8(2)18-12(15-7)6-19-9-3-4-11(14)10(5-9)13(16)17/h3-5H,6H2,1-2H3,(H,16,17). The number of oxazole rings is 1. The van der Waals surface area contributed by atoms with Gasteiger partial charge in [-0.15, -0.1) is 11.8 Å². The van der Waals surface area contributed by atoms with E-state index in [0.717, 1.165) is 16.3 Å². The van der Waals surface area contributed by atoms with Crippen LogP contribution < -0.4 is 0 Å². The monoisotopic (exact) mass is 297 g/mol. The summed E-state index contributed by atoms with van der Waals surface area (Å²) in [5.41, 5.74) is 0.976. The fraction of sp³-hybridized carbons (Fsp3) is 0.231. The van der Waals surface area contributed by atoms with E-state index in [1.165, 1.54) is 11.8 Å².